The van der Waals surface area contributed by atoms with Gasteiger partial charge in [0.15, 0.2) is 0 Å². The molecule has 1 fully saturated rings. The summed E-state index contributed by atoms with van der Waals surface area (Å²) in [7, 11) is -2.90. The lowest BCUT2D eigenvalue weighted by molar-refractivity contribution is -0.143. The molecule has 1 aliphatic heterocycles. The fourth-order valence-electron chi connectivity index (χ4n) is 2.25. The van der Waals surface area contributed by atoms with Gasteiger partial charge in [-0.1, -0.05) is 13.8 Å². The summed E-state index contributed by atoms with van der Waals surface area (Å²) in [6.45, 7) is 3.47. The number of nitrogens with one attached hydrogen (secondary N) is 1. The minimum absolute atomic E-state index is 0.123. The molecule has 0 aromatic rings. The van der Waals surface area contributed by atoms with E-state index < -0.39 is 34.2 Å². The molecule has 0 spiro atoms. The van der Waals surface area contributed by atoms with Crippen LogP contribution in [0.5, 0.6) is 0 Å². The topological polar surface area (TPSA) is 113 Å². The molecule has 9 heteroatoms. The largest absolute Gasteiger partial charge is 0.480 e. The average Bonchev–Trinajstić information content (AvgIpc) is 2.43. The number of carbonyl (C=O) groups is 2. The summed E-state index contributed by atoms with van der Waals surface area (Å²) < 4.78 is 32.5. The molecule has 0 aliphatic carbocycles. The molecule has 0 radical (unpaired) electrons. The number of methoxy groups -OCH3 is 1. The van der Waals surface area contributed by atoms with E-state index in [0.29, 0.717) is 12.8 Å². The predicted molar refractivity (Wildman–Crippen MR) is 74.7 cm³/mol. The Morgan fingerprint density at radius 2 is 1.95 bits per heavy atom. The summed E-state index contributed by atoms with van der Waals surface area (Å²) in [6.07, 6.45) is 1.52. The standard InChI is InChI=1S/C12H22N2O6S/c1-8(2)10(12(17)20-3)13-21(18,19)14-7-5-4-6-9(14)11(15)16/h8-10,13H,4-7H2,1-3H3,(H,15,16). The van der Waals surface area contributed by atoms with Crippen LogP contribution in [0.15, 0.2) is 0 Å². The number of hydrogen-bond donors (Lipinski definition) is 2. The number of nitrogens with zero attached hydrogens (tertiary/aromatic N) is 1. The summed E-state index contributed by atoms with van der Waals surface area (Å²) in [6, 6.07) is -2.14. The van der Waals surface area contributed by atoms with Crippen molar-refractivity contribution in [1.29, 1.82) is 0 Å². The molecule has 2 atom stereocenters. The van der Waals surface area contributed by atoms with Gasteiger partial charge < -0.3 is 9.84 Å². The predicted octanol–water partition coefficient (Wildman–Crippen LogP) is -0.0425. The molecule has 2 N–H and O–H groups in total. The Morgan fingerprint density at radius 1 is 1.33 bits per heavy atom. The molecule has 0 aromatic heterocycles. The Morgan fingerprint density at radius 3 is 2.43 bits per heavy atom. The molecule has 0 saturated carbocycles. The van der Waals surface area contributed by atoms with Crippen LogP contribution < -0.4 is 4.72 Å². The molecule has 1 heterocycles. The molecule has 8 nitrogen and oxygen atoms in total. The maximum absolute atomic E-state index is 12.4. The maximum Gasteiger partial charge on any atom is 0.324 e. The first-order valence-corrected chi connectivity index (χ1v) is 8.24. The van der Waals surface area contributed by atoms with E-state index in [1.807, 2.05) is 0 Å². The molecule has 1 aliphatic rings. The highest BCUT2D eigenvalue weighted by Gasteiger charge is 2.39. The fourth-order valence-corrected chi connectivity index (χ4v) is 3.98. The zero-order valence-electron chi connectivity index (χ0n) is 12.4. The Kier molecular flexibility index (Phi) is 6.11. The van der Waals surface area contributed by atoms with Crippen molar-refractivity contribution < 1.29 is 27.9 Å². The van der Waals surface area contributed by atoms with Gasteiger partial charge in [0.25, 0.3) is 10.2 Å². The van der Waals surface area contributed by atoms with Crippen LogP contribution in [0.2, 0.25) is 0 Å². The molecule has 0 bridgehead atoms. The number of hydrogen-bond acceptors (Lipinski definition) is 5. The second kappa shape index (κ2) is 7.19. The third-order valence-corrected chi connectivity index (χ3v) is 5.05. The van der Waals surface area contributed by atoms with Crippen LogP contribution in [0.3, 0.4) is 0 Å². The van der Waals surface area contributed by atoms with Gasteiger partial charge in [0, 0.05) is 6.54 Å². The molecule has 1 rings (SSSR count). The molecule has 1 saturated heterocycles. The highest BCUT2D eigenvalue weighted by Crippen LogP contribution is 2.21. The van der Waals surface area contributed by atoms with Crippen molar-refractivity contribution in [1.82, 2.24) is 9.03 Å². The lowest BCUT2D eigenvalue weighted by Gasteiger charge is -2.33. The van der Waals surface area contributed by atoms with E-state index in [1.54, 1.807) is 13.8 Å². The van der Waals surface area contributed by atoms with Crippen LogP contribution in [0.1, 0.15) is 33.1 Å². The molecule has 0 aromatic carbocycles. The van der Waals surface area contributed by atoms with Crippen molar-refractivity contribution in [3.05, 3.63) is 0 Å². The van der Waals surface area contributed by atoms with Crippen LogP contribution >= 0.6 is 0 Å². The number of carboxylic acids is 1. The Hall–Kier alpha value is -1.19. The highest BCUT2D eigenvalue weighted by molar-refractivity contribution is 7.87. The second-order valence-corrected chi connectivity index (χ2v) is 6.98. The fraction of sp³-hybridized carbons (Fsp3) is 0.833. The van der Waals surface area contributed by atoms with Crippen LogP contribution in [-0.4, -0.2) is 55.5 Å². The Labute approximate surface area is 124 Å². The van der Waals surface area contributed by atoms with Crippen molar-refractivity contribution in [2.45, 2.75) is 45.2 Å². The summed E-state index contributed by atoms with van der Waals surface area (Å²) >= 11 is 0. The van der Waals surface area contributed by atoms with Gasteiger partial charge in [0.2, 0.25) is 0 Å². The normalized spacial score (nSPS) is 22.0. The number of carbonyl (C=O) groups excluding carboxylic acids is 1. The highest BCUT2D eigenvalue weighted by atomic mass is 32.2. The number of piperidine rings is 1. The van der Waals surface area contributed by atoms with Gasteiger partial charge in [-0.25, -0.2) is 0 Å². The summed E-state index contributed by atoms with van der Waals surface area (Å²) in [5.41, 5.74) is 0. The van der Waals surface area contributed by atoms with E-state index in [9.17, 15) is 18.0 Å². The summed E-state index contributed by atoms with van der Waals surface area (Å²) in [5, 5.41) is 9.15. The monoisotopic (exact) mass is 322 g/mol. The van der Waals surface area contributed by atoms with Gasteiger partial charge in [-0.05, 0) is 25.2 Å². The first-order chi connectivity index (χ1) is 9.70. The molecule has 21 heavy (non-hydrogen) atoms. The van der Waals surface area contributed by atoms with E-state index >= 15 is 0 Å². The summed E-state index contributed by atoms with van der Waals surface area (Å²) in [4.78, 5) is 22.8. The number of rotatable bonds is 6. The molecule has 122 valence electrons. The van der Waals surface area contributed by atoms with Crippen molar-refractivity contribution in [2.75, 3.05) is 13.7 Å². The quantitative estimate of drug-likeness (QED) is 0.663. The third kappa shape index (κ3) is 4.39. The van der Waals surface area contributed by atoms with Gasteiger partial charge in [-0.15, -0.1) is 0 Å². The van der Waals surface area contributed by atoms with Gasteiger partial charge >= 0.3 is 11.9 Å². The first-order valence-electron chi connectivity index (χ1n) is 6.80. The van der Waals surface area contributed by atoms with E-state index in [-0.39, 0.29) is 18.9 Å². The lowest BCUT2D eigenvalue weighted by atomic mass is 10.1. The van der Waals surface area contributed by atoms with E-state index in [0.717, 1.165) is 4.31 Å². The number of aliphatic carboxylic acids is 1. The van der Waals surface area contributed by atoms with Gasteiger partial charge in [0.05, 0.1) is 7.11 Å². The Balaban J connectivity index is 2.97. The van der Waals surface area contributed by atoms with Gasteiger partial charge in [0.1, 0.15) is 12.1 Å². The molecular formula is C12H22N2O6S. The van der Waals surface area contributed by atoms with Gasteiger partial charge in [-0.2, -0.15) is 17.4 Å². The average molecular weight is 322 g/mol. The number of ether oxygens (including phenoxy) is 1. The van der Waals surface area contributed by atoms with Gasteiger partial charge in [-0.3, -0.25) is 9.59 Å². The van der Waals surface area contributed by atoms with Crippen molar-refractivity contribution in [3.63, 3.8) is 0 Å². The maximum atomic E-state index is 12.4. The smallest absolute Gasteiger partial charge is 0.324 e. The Bertz CT molecular complexity index is 490. The van der Waals surface area contributed by atoms with Crippen LogP contribution in [0, 0.1) is 5.92 Å². The third-order valence-electron chi connectivity index (χ3n) is 3.45. The SMILES string of the molecule is COC(=O)C(NS(=O)(=O)N1CCCCC1C(=O)O)C(C)C. The van der Waals surface area contributed by atoms with E-state index in [2.05, 4.69) is 9.46 Å². The summed E-state index contributed by atoms with van der Waals surface area (Å²) in [5.74, 6) is -2.20. The number of carboxylic acid groups (broad SMARTS) is 1. The molecular weight excluding hydrogens is 300 g/mol. The zero-order valence-corrected chi connectivity index (χ0v) is 13.2. The van der Waals surface area contributed by atoms with Crippen molar-refractivity contribution >= 4 is 22.1 Å². The van der Waals surface area contributed by atoms with Crippen molar-refractivity contribution in [3.8, 4) is 0 Å². The lowest BCUT2D eigenvalue weighted by Crippen LogP contribution is -2.56. The minimum atomic E-state index is -4.08. The van der Waals surface area contributed by atoms with E-state index in [1.165, 1.54) is 7.11 Å². The number of esters is 1. The van der Waals surface area contributed by atoms with Crippen LogP contribution in [0.4, 0.5) is 0 Å². The first kappa shape index (κ1) is 17.9. The molecule has 2 unspecified atom stereocenters. The van der Waals surface area contributed by atoms with Crippen LogP contribution in [-0.2, 0) is 24.5 Å². The molecule has 0 amide bonds. The zero-order chi connectivity index (χ0) is 16.2. The van der Waals surface area contributed by atoms with Crippen molar-refractivity contribution in [2.24, 2.45) is 5.92 Å². The van der Waals surface area contributed by atoms with E-state index in [4.69, 9.17) is 5.11 Å². The second-order valence-electron chi connectivity index (χ2n) is 5.33. The van der Waals surface area contributed by atoms with Crippen LogP contribution in [0.25, 0.3) is 0 Å². The minimum Gasteiger partial charge on any atom is -0.480 e.